The topological polar surface area (TPSA) is 104 Å². The molecule has 0 atom stereocenters. The Kier molecular flexibility index (Phi) is 4.73. The summed E-state index contributed by atoms with van der Waals surface area (Å²) in [6, 6.07) is 10.3. The van der Waals surface area contributed by atoms with Crippen LogP contribution < -0.4 is 16.6 Å². The second kappa shape index (κ2) is 6.97. The maximum absolute atomic E-state index is 12.7. The molecular weight excluding hydrogens is 330 g/mol. The van der Waals surface area contributed by atoms with Crippen LogP contribution in [-0.2, 0) is 6.54 Å². The molecule has 0 unspecified atom stereocenters. The third kappa shape index (κ3) is 3.73. The molecule has 0 fully saturated rings. The highest BCUT2D eigenvalue weighted by Gasteiger charge is 2.13. The number of nitrogens with two attached hydrogens (primary N) is 1. The molecule has 134 valence electrons. The van der Waals surface area contributed by atoms with Gasteiger partial charge in [0.1, 0.15) is 11.5 Å². The summed E-state index contributed by atoms with van der Waals surface area (Å²) in [6.07, 6.45) is 0. The van der Waals surface area contributed by atoms with E-state index in [9.17, 15) is 9.59 Å². The first-order chi connectivity index (χ1) is 12.3. The summed E-state index contributed by atoms with van der Waals surface area (Å²) in [6.45, 7) is 2.83. The van der Waals surface area contributed by atoms with Crippen LogP contribution in [0.3, 0.4) is 0 Å². The van der Waals surface area contributed by atoms with Gasteiger partial charge in [-0.1, -0.05) is 6.07 Å². The van der Waals surface area contributed by atoms with Gasteiger partial charge in [0.15, 0.2) is 0 Å². The smallest absolute Gasteiger partial charge is 0.256 e. The molecule has 0 aliphatic carbocycles. The monoisotopic (exact) mass is 351 g/mol. The van der Waals surface area contributed by atoms with Crippen molar-refractivity contribution in [1.82, 2.24) is 14.9 Å². The number of anilines is 2. The van der Waals surface area contributed by atoms with Crippen molar-refractivity contribution in [2.75, 3.05) is 25.1 Å². The maximum atomic E-state index is 12.7. The summed E-state index contributed by atoms with van der Waals surface area (Å²) < 4.78 is 0. The molecule has 4 N–H and O–H groups in total. The van der Waals surface area contributed by atoms with E-state index in [2.05, 4.69) is 20.2 Å². The molecule has 1 amide bonds. The van der Waals surface area contributed by atoms with Crippen LogP contribution in [0.25, 0.3) is 11.0 Å². The molecule has 0 saturated carbocycles. The fraction of sp³-hybridized carbons (Fsp3) is 0.211. The first kappa shape index (κ1) is 17.6. The van der Waals surface area contributed by atoms with Crippen molar-refractivity contribution in [3.05, 3.63) is 63.4 Å². The number of aryl methyl sites for hydroxylation is 1. The molecule has 3 rings (SSSR count). The molecule has 7 heteroatoms. The normalized spacial score (nSPS) is 11.1. The number of H-pyrrole nitrogens is 1. The van der Waals surface area contributed by atoms with Crippen LogP contribution in [0.1, 0.15) is 21.5 Å². The zero-order valence-electron chi connectivity index (χ0n) is 15.0. The van der Waals surface area contributed by atoms with E-state index >= 15 is 0 Å². The number of hydrogen-bond donors (Lipinski definition) is 3. The SMILES string of the molecule is Cc1cc(NC(=O)c2cc(=O)[nH]c3nc(N)ccc23)ccc1CN(C)C. The van der Waals surface area contributed by atoms with Gasteiger partial charge in [0.25, 0.3) is 5.91 Å². The average Bonchev–Trinajstić information content (AvgIpc) is 2.55. The van der Waals surface area contributed by atoms with Crippen LogP contribution in [0.5, 0.6) is 0 Å². The minimum atomic E-state index is -0.404. The lowest BCUT2D eigenvalue weighted by molar-refractivity contribution is 0.102. The van der Waals surface area contributed by atoms with Crippen LogP contribution >= 0.6 is 0 Å². The Morgan fingerprint density at radius 1 is 1.23 bits per heavy atom. The molecule has 0 spiro atoms. The van der Waals surface area contributed by atoms with Crippen molar-refractivity contribution in [2.24, 2.45) is 0 Å². The second-order valence-corrected chi connectivity index (χ2v) is 6.51. The van der Waals surface area contributed by atoms with Crippen LogP contribution in [0.4, 0.5) is 11.5 Å². The minimum Gasteiger partial charge on any atom is -0.384 e. The van der Waals surface area contributed by atoms with Crippen LogP contribution in [0.15, 0.2) is 41.2 Å². The highest BCUT2D eigenvalue weighted by molar-refractivity contribution is 6.11. The van der Waals surface area contributed by atoms with Crippen LogP contribution in [-0.4, -0.2) is 34.9 Å². The number of carbonyl (C=O) groups is 1. The maximum Gasteiger partial charge on any atom is 0.256 e. The number of rotatable bonds is 4. The number of hydrogen-bond acceptors (Lipinski definition) is 5. The zero-order chi connectivity index (χ0) is 18.8. The summed E-state index contributed by atoms with van der Waals surface area (Å²) in [5, 5.41) is 3.39. The van der Waals surface area contributed by atoms with Gasteiger partial charge in [0.05, 0.1) is 5.56 Å². The molecule has 3 aromatic rings. The van der Waals surface area contributed by atoms with Gasteiger partial charge in [-0.25, -0.2) is 4.98 Å². The van der Waals surface area contributed by atoms with Crippen molar-refractivity contribution >= 4 is 28.4 Å². The van der Waals surface area contributed by atoms with Crippen molar-refractivity contribution in [3.8, 4) is 0 Å². The Hall–Kier alpha value is -3.19. The fourth-order valence-corrected chi connectivity index (χ4v) is 2.83. The van der Waals surface area contributed by atoms with E-state index in [0.717, 1.165) is 12.1 Å². The standard InChI is InChI=1S/C19H21N5O2/c1-11-8-13(5-4-12(11)10-24(2)3)21-19(26)15-9-17(25)23-18-14(15)6-7-16(20)22-18/h4-9H,10H2,1-3H3,(H,21,26)(H3,20,22,23,25). The quantitative estimate of drug-likeness (QED) is 0.668. The molecule has 7 nitrogen and oxygen atoms in total. The number of carbonyl (C=O) groups excluding carboxylic acids is 1. The molecule has 2 heterocycles. The Labute approximate surface area is 150 Å². The first-order valence-corrected chi connectivity index (χ1v) is 8.18. The third-order valence-corrected chi connectivity index (χ3v) is 4.06. The zero-order valence-corrected chi connectivity index (χ0v) is 15.0. The lowest BCUT2D eigenvalue weighted by atomic mass is 10.1. The number of aromatic amines is 1. The van der Waals surface area contributed by atoms with Gasteiger partial charge in [-0.2, -0.15) is 0 Å². The van der Waals surface area contributed by atoms with Gasteiger partial charge in [-0.05, 0) is 56.4 Å². The summed E-state index contributed by atoms with van der Waals surface area (Å²) in [5.41, 5.74) is 8.74. The van der Waals surface area contributed by atoms with E-state index < -0.39 is 5.56 Å². The molecule has 0 saturated heterocycles. The van der Waals surface area contributed by atoms with Gasteiger partial charge in [0.2, 0.25) is 5.56 Å². The van der Waals surface area contributed by atoms with Gasteiger partial charge in [0, 0.05) is 23.7 Å². The van der Waals surface area contributed by atoms with Crippen LogP contribution in [0.2, 0.25) is 0 Å². The summed E-state index contributed by atoms with van der Waals surface area (Å²) >= 11 is 0. The predicted octanol–water partition coefficient (Wildman–Crippen LogP) is 2.13. The van der Waals surface area contributed by atoms with Crippen molar-refractivity contribution < 1.29 is 4.79 Å². The number of amides is 1. The van der Waals surface area contributed by atoms with Gasteiger partial charge >= 0.3 is 0 Å². The number of fused-ring (bicyclic) bond motifs is 1. The van der Waals surface area contributed by atoms with E-state index in [1.807, 2.05) is 39.2 Å². The number of benzene rings is 1. The fourth-order valence-electron chi connectivity index (χ4n) is 2.83. The van der Waals surface area contributed by atoms with Crippen LogP contribution in [0, 0.1) is 6.92 Å². The second-order valence-electron chi connectivity index (χ2n) is 6.51. The highest BCUT2D eigenvalue weighted by atomic mass is 16.2. The molecule has 0 bridgehead atoms. The lowest BCUT2D eigenvalue weighted by Gasteiger charge is -2.14. The van der Waals surface area contributed by atoms with E-state index in [1.54, 1.807) is 12.1 Å². The van der Waals surface area contributed by atoms with E-state index in [4.69, 9.17) is 5.73 Å². The van der Waals surface area contributed by atoms with Crippen molar-refractivity contribution in [2.45, 2.75) is 13.5 Å². The minimum absolute atomic E-state index is 0.256. The van der Waals surface area contributed by atoms with E-state index in [-0.39, 0.29) is 17.3 Å². The largest absolute Gasteiger partial charge is 0.384 e. The predicted molar refractivity (Wildman–Crippen MR) is 103 cm³/mol. The first-order valence-electron chi connectivity index (χ1n) is 8.18. The number of pyridine rings is 2. The van der Waals surface area contributed by atoms with Crippen molar-refractivity contribution in [1.29, 1.82) is 0 Å². The molecule has 26 heavy (non-hydrogen) atoms. The summed E-state index contributed by atoms with van der Waals surface area (Å²) in [4.78, 5) is 33.3. The number of nitrogens with one attached hydrogen (secondary N) is 2. The molecule has 0 radical (unpaired) electrons. The van der Waals surface area contributed by atoms with Crippen molar-refractivity contribution in [3.63, 3.8) is 0 Å². The number of aromatic nitrogens is 2. The molecule has 1 aromatic carbocycles. The highest BCUT2D eigenvalue weighted by Crippen LogP contribution is 2.19. The molecule has 2 aromatic heterocycles. The summed E-state index contributed by atoms with van der Waals surface area (Å²) in [7, 11) is 4.02. The van der Waals surface area contributed by atoms with Gasteiger partial charge in [-0.3, -0.25) is 9.59 Å². The number of nitrogen functional groups attached to an aromatic ring is 1. The molecular formula is C19H21N5O2. The molecule has 0 aliphatic rings. The Balaban J connectivity index is 1.92. The van der Waals surface area contributed by atoms with Gasteiger partial charge in [-0.15, -0.1) is 0 Å². The van der Waals surface area contributed by atoms with E-state index in [1.165, 1.54) is 11.6 Å². The average molecular weight is 351 g/mol. The lowest BCUT2D eigenvalue weighted by Crippen LogP contribution is -2.18. The number of nitrogens with zero attached hydrogens (tertiary/aromatic N) is 2. The third-order valence-electron chi connectivity index (χ3n) is 4.06. The van der Waals surface area contributed by atoms with E-state index in [0.29, 0.717) is 16.7 Å². The van der Waals surface area contributed by atoms with Gasteiger partial charge < -0.3 is 20.9 Å². The summed E-state index contributed by atoms with van der Waals surface area (Å²) in [5.74, 6) is -0.0924. The Bertz CT molecular complexity index is 1040. The Morgan fingerprint density at radius 2 is 2.00 bits per heavy atom. The Morgan fingerprint density at radius 3 is 2.69 bits per heavy atom. The molecule has 0 aliphatic heterocycles.